The van der Waals surface area contributed by atoms with Crippen LogP contribution >= 0.6 is 7.26 Å². The van der Waals surface area contributed by atoms with Crippen LogP contribution in [0.25, 0.3) is 23.5 Å². The Hall–Kier alpha value is -5.70. The lowest BCUT2D eigenvalue weighted by atomic mass is 10.1. The third-order valence-electron chi connectivity index (χ3n) is 9.08. The van der Waals surface area contributed by atoms with Crippen LogP contribution in [0.15, 0.2) is 176 Å². The van der Waals surface area contributed by atoms with E-state index in [4.69, 9.17) is 9.97 Å². The SMILES string of the molecule is CN(C)c1ccc(/C=C/c2cc[n+](Cc3ccc(-c4ccc(C[P+](c5ccccc5)(c5ccccc5)c5ccccc5)cn4)nc3)cc2)cc1. The number of pyridine rings is 3. The molecule has 244 valence electrons. The molecule has 3 aromatic heterocycles. The predicted molar refractivity (Wildman–Crippen MR) is 212 cm³/mol. The monoisotopic (exact) mass is 668 g/mol. The van der Waals surface area contributed by atoms with E-state index >= 15 is 0 Å². The quantitative estimate of drug-likeness (QED) is 0.103. The molecule has 0 unspecified atom stereocenters. The van der Waals surface area contributed by atoms with Crippen LogP contribution in [-0.2, 0) is 12.7 Å². The molecule has 0 bridgehead atoms. The molecule has 5 heteroatoms. The van der Waals surface area contributed by atoms with E-state index < -0.39 is 7.26 Å². The summed E-state index contributed by atoms with van der Waals surface area (Å²) in [7, 11) is 2.12. The van der Waals surface area contributed by atoms with Gasteiger partial charge in [0.15, 0.2) is 18.9 Å². The van der Waals surface area contributed by atoms with E-state index in [1.54, 1.807) is 0 Å². The molecule has 0 radical (unpaired) electrons. The van der Waals surface area contributed by atoms with Crippen molar-refractivity contribution in [3.8, 4) is 11.4 Å². The van der Waals surface area contributed by atoms with Gasteiger partial charge in [-0.25, -0.2) is 4.57 Å². The number of hydrogen-bond acceptors (Lipinski definition) is 3. The average Bonchev–Trinajstić information content (AvgIpc) is 3.18. The molecule has 0 amide bonds. The van der Waals surface area contributed by atoms with Crippen LogP contribution in [0.1, 0.15) is 22.3 Å². The van der Waals surface area contributed by atoms with Crippen LogP contribution < -0.4 is 25.4 Å². The molecule has 0 spiro atoms. The first-order chi connectivity index (χ1) is 24.6. The molecule has 0 aliphatic rings. The highest BCUT2D eigenvalue weighted by atomic mass is 31.2. The van der Waals surface area contributed by atoms with Gasteiger partial charge in [0.25, 0.3) is 0 Å². The fourth-order valence-electron chi connectivity index (χ4n) is 6.35. The van der Waals surface area contributed by atoms with E-state index in [9.17, 15) is 0 Å². The minimum Gasteiger partial charge on any atom is -0.378 e. The molecule has 50 heavy (non-hydrogen) atoms. The van der Waals surface area contributed by atoms with Crippen LogP contribution in [0.2, 0.25) is 0 Å². The Labute approximate surface area is 296 Å². The van der Waals surface area contributed by atoms with Crippen molar-refractivity contribution in [1.82, 2.24) is 9.97 Å². The zero-order valence-electron chi connectivity index (χ0n) is 28.5. The van der Waals surface area contributed by atoms with Gasteiger partial charge >= 0.3 is 0 Å². The minimum absolute atomic E-state index is 0.750. The summed E-state index contributed by atoms with van der Waals surface area (Å²) in [5.74, 6) is 0. The second-order valence-corrected chi connectivity index (χ2v) is 16.2. The van der Waals surface area contributed by atoms with Crippen LogP contribution in [0.3, 0.4) is 0 Å². The van der Waals surface area contributed by atoms with E-state index in [1.165, 1.54) is 32.7 Å². The van der Waals surface area contributed by atoms with Crippen molar-refractivity contribution < 1.29 is 4.57 Å². The van der Waals surface area contributed by atoms with Gasteiger partial charge in [-0.05, 0) is 77.9 Å². The summed E-state index contributed by atoms with van der Waals surface area (Å²) in [5, 5.41) is 4.11. The zero-order chi connectivity index (χ0) is 34.2. The van der Waals surface area contributed by atoms with Gasteiger partial charge < -0.3 is 4.90 Å². The van der Waals surface area contributed by atoms with Crippen molar-refractivity contribution >= 4 is 41.0 Å². The number of hydrogen-bond donors (Lipinski definition) is 0. The molecular weight excluding hydrogens is 627 g/mol. The number of benzene rings is 4. The van der Waals surface area contributed by atoms with Gasteiger partial charge in [0.2, 0.25) is 0 Å². The Morgan fingerprint density at radius 1 is 0.520 bits per heavy atom. The molecule has 0 aliphatic heterocycles. The topological polar surface area (TPSA) is 32.9 Å². The highest BCUT2D eigenvalue weighted by molar-refractivity contribution is 7.95. The largest absolute Gasteiger partial charge is 0.378 e. The Morgan fingerprint density at radius 2 is 0.980 bits per heavy atom. The van der Waals surface area contributed by atoms with Crippen molar-refractivity contribution in [3.05, 3.63) is 199 Å². The van der Waals surface area contributed by atoms with Crippen molar-refractivity contribution in [2.75, 3.05) is 19.0 Å². The maximum Gasteiger partial charge on any atom is 0.175 e. The van der Waals surface area contributed by atoms with Crippen molar-refractivity contribution in [3.63, 3.8) is 0 Å². The Kier molecular flexibility index (Phi) is 10.0. The molecule has 3 heterocycles. The molecule has 0 aliphatic carbocycles. The van der Waals surface area contributed by atoms with Crippen molar-refractivity contribution in [2.45, 2.75) is 12.7 Å². The lowest BCUT2D eigenvalue weighted by molar-refractivity contribution is -0.688. The van der Waals surface area contributed by atoms with Gasteiger partial charge in [0.05, 0.1) is 17.5 Å². The molecule has 0 saturated heterocycles. The first-order valence-corrected chi connectivity index (χ1v) is 18.9. The number of rotatable bonds is 11. The van der Waals surface area contributed by atoms with Crippen molar-refractivity contribution in [2.24, 2.45) is 0 Å². The minimum atomic E-state index is -1.99. The summed E-state index contributed by atoms with van der Waals surface area (Å²) in [6.45, 7) is 0.750. The van der Waals surface area contributed by atoms with Gasteiger partial charge in [-0.1, -0.05) is 84.9 Å². The highest BCUT2D eigenvalue weighted by Crippen LogP contribution is 2.58. The summed E-state index contributed by atoms with van der Waals surface area (Å²) >= 11 is 0. The van der Waals surface area contributed by atoms with E-state index in [2.05, 4.69) is 200 Å². The van der Waals surface area contributed by atoms with Crippen LogP contribution in [-0.4, -0.2) is 24.1 Å². The lowest BCUT2D eigenvalue weighted by Crippen LogP contribution is -2.33. The first-order valence-electron chi connectivity index (χ1n) is 17.0. The molecule has 0 N–H and O–H groups in total. The molecule has 0 saturated carbocycles. The number of nitrogens with zero attached hydrogens (tertiary/aromatic N) is 4. The summed E-state index contributed by atoms with van der Waals surface area (Å²) in [6.07, 6.45) is 13.4. The lowest BCUT2D eigenvalue weighted by Gasteiger charge is -2.27. The number of aromatic nitrogens is 3. The maximum atomic E-state index is 4.93. The second-order valence-electron chi connectivity index (χ2n) is 12.7. The summed E-state index contributed by atoms with van der Waals surface area (Å²) in [4.78, 5) is 11.8. The molecule has 4 aromatic carbocycles. The van der Waals surface area contributed by atoms with Crippen molar-refractivity contribution in [1.29, 1.82) is 0 Å². The Bertz CT molecular complexity index is 2030. The normalized spacial score (nSPS) is 11.5. The maximum absolute atomic E-state index is 4.93. The van der Waals surface area contributed by atoms with Crippen LogP contribution in [0, 0.1) is 0 Å². The van der Waals surface area contributed by atoms with Crippen LogP contribution in [0.4, 0.5) is 5.69 Å². The molecule has 0 atom stereocenters. The van der Waals surface area contributed by atoms with Gasteiger partial charge in [-0.15, -0.1) is 0 Å². The van der Waals surface area contributed by atoms with E-state index in [1.807, 2.05) is 12.4 Å². The summed E-state index contributed by atoms with van der Waals surface area (Å²) in [5.41, 5.74) is 7.66. The third-order valence-corrected chi connectivity index (χ3v) is 13.5. The summed E-state index contributed by atoms with van der Waals surface area (Å²) < 4.78 is 2.18. The fourth-order valence-corrected chi connectivity index (χ4v) is 10.6. The van der Waals surface area contributed by atoms with Gasteiger partial charge in [0, 0.05) is 55.4 Å². The molecule has 4 nitrogen and oxygen atoms in total. The van der Waals surface area contributed by atoms with Gasteiger partial charge in [-0.2, -0.15) is 0 Å². The second kappa shape index (κ2) is 15.2. The van der Waals surface area contributed by atoms with Crippen LogP contribution in [0.5, 0.6) is 0 Å². The molecule has 0 fully saturated rings. The van der Waals surface area contributed by atoms with E-state index in [0.29, 0.717) is 0 Å². The highest BCUT2D eigenvalue weighted by Gasteiger charge is 2.45. The Balaban J connectivity index is 1.05. The average molecular weight is 669 g/mol. The van der Waals surface area contributed by atoms with Gasteiger partial charge in [-0.3, -0.25) is 9.97 Å². The Morgan fingerprint density at radius 3 is 1.42 bits per heavy atom. The van der Waals surface area contributed by atoms with E-state index in [-0.39, 0.29) is 0 Å². The van der Waals surface area contributed by atoms with Gasteiger partial charge in [0.1, 0.15) is 23.2 Å². The molecule has 7 rings (SSSR count). The first kappa shape index (κ1) is 32.8. The predicted octanol–water partition coefficient (Wildman–Crippen LogP) is 8.21. The smallest absolute Gasteiger partial charge is 0.175 e. The standard InChI is InChI=1S/C45H41N4P/c1-48(2)40-24-20-36(21-25-40)18-19-37-28-30-49(31-29-37)34-38-22-26-44(46-32-38)45-27-23-39(33-47-45)35-50(41-12-6-3-7-13-41,42-14-8-4-9-15-42)43-16-10-5-11-17-43/h3-33H,34-35H2,1-2H3/q+2. The molecule has 7 aromatic rings. The summed E-state index contributed by atoms with van der Waals surface area (Å²) in [6, 6.07) is 54.4. The van der Waals surface area contributed by atoms with E-state index in [0.717, 1.165) is 35.2 Å². The number of anilines is 1. The molecular formula is C45H41N4P+2. The fraction of sp³-hybridized carbons (Fsp3) is 0.0889. The zero-order valence-corrected chi connectivity index (χ0v) is 29.4. The third kappa shape index (κ3) is 7.47.